The van der Waals surface area contributed by atoms with Crippen molar-refractivity contribution >= 4 is 50.5 Å². The second kappa shape index (κ2) is 7.91. The smallest absolute Gasteiger partial charge is 0.252 e. The number of carbonyl (C=O) groups is 1. The molecule has 27 heavy (non-hydrogen) atoms. The minimum Gasteiger partial charge on any atom is -0.365 e. The molecule has 1 amide bonds. The lowest BCUT2D eigenvalue weighted by atomic mass is 10.1. The molecule has 3 rings (SSSR count). The van der Waals surface area contributed by atoms with Gasteiger partial charge in [0.2, 0.25) is 0 Å². The van der Waals surface area contributed by atoms with Gasteiger partial charge in [-0.2, -0.15) is 0 Å². The second-order valence-corrected chi connectivity index (χ2v) is 7.29. The van der Waals surface area contributed by atoms with Crippen LogP contribution in [0, 0.1) is 0 Å². The molecule has 1 aromatic heterocycles. The van der Waals surface area contributed by atoms with Gasteiger partial charge in [-0.25, -0.2) is 8.42 Å². The van der Waals surface area contributed by atoms with E-state index in [9.17, 15) is 13.2 Å². The normalized spacial score (nSPS) is 11.1. The number of hydrogen-bond acceptors (Lipinski definition) is 6. The number of primary amides is 1. The van der Waals surface area contributed by atoms with Crippen LogP contribution in [0.4, 0.5) is 11.4 Å². The van der Waals surface area contributed by atoms with Gasteiger partial charge < -0.3 is 16.8 Å². The number of nitrogens with zero attached hydrogens (tertiary/aromatic N) is 1. The maximum absolute atomic E-state index is 11.9. The Morgan fingerprint density at radius 2 is 1.96 bits per heavy atom. The summed E-state index contributed by atoms with van der Waals surface area (Å²) in [5.41, 5.74) is 14.3. The first-order valence-electron chi connectivity index (χ1n) is 7.98. The number of hydrogen-bond donors (Lipinski definition) is 4. The maximum Gasteiger partial charge on any atom is 0.252 e. The van der Waals surface area contributed by atoms with E-state index in [2.05, 4.69) is 10.3 Å². The minimum absolute atomic E-state index is 0.167. The highest BCUT2D eigenvalue weighted by molar-refractivity contribution is 7.71. The van der Waals surface area contributed by atoms with E-state index in [1.54, 1.807) is 12.1 Å². The van der Waals surface area contributed by atoms with Crippen LogP contribution < -0.4 is 16.8 Å². The predicted molar refractivity (Wildman–Crippen MR) is 107 cm³/mol. The number of carbonyl (C=O) groups excluding carboxylic acids is 1. The Labute approximate surface area is 162 Å². The van der Waals surface area contributed by atoms with Gasteiger partial charge in [0.15, 0.2) is 0 Å². The molecule has 0 atom stereocenters. The Morgan fingerprint density at radius 3 is 2.63 bits per heavy atom. The van der Waals surface area contributed by atoms with E-state index in [0.717, 1.165) is 5.56 Å². The Balaban J connectivity index is 2.23. The molecule has 0 aliphatic carbocycles. The van der Waals surface area contributed by atoms with Crippen molar-refractivity contribution < 1.29 is 13.2 Å². The summed E-state index contributed by atoms with van der Waals surface area (Å²) in [4.78, 5) is 16.1. The first-order valence-corrected chi connectivity index (χ1v) is 9.72. The largest absolute Gasteiger partial charge is 0.365 e. The molecule has 0 spiro atoms. The lowest BCUT2D eigenvalue weighted by Crippen LogP contribution is -2.14. The molecule has 0 unspecified atom stereocenters. The summed E-state index contributed by atoms with van der Waals surface area (Å²) in [6, 6.07) is 10.6. The van der Waals surface area contributed by atoms with Crippen LogP contribution in [-0.2, 0) is 23.0 Å². The molecule has 5 N–H and O–H groups in total. The Kier molecular flexibility index (Phi) is 5.59. The lowest BCUT2D eigenvalue weighted by molar-refractivity contribution is 0.100. The second-order valence-electron chi connectivity index (χ2n) is 5.91. The van der Waals surface area contributed by atoms with Gasteiger partial charge >= 0.3 is 0 Å². The quantitative estimate of drug-likeness (QED) is 0.466. The van der Waals surface area contributed by atoms with Crippen LogP contribution in [0.25, 0.3) is 10.9 Å². The standard InChI is InChI=1S/C18H17ClN4O3S/c19-15-6-11(9-27(25)26)5-13-16(14(18(21)24)8-22-17(13)15)23-12-3-1-2-10(4-12)7-20/h1-6,8,27H,7,9,20H2,(H2,21,24)(H,22,23). The van der Waals surface area contributed by atoms with Gasteiger partial charge in [0.25, 0.3) is 5.91 Å². The van der Waals surface area contributed by atoms with Gasteiger partial charge in [-0.3, -0.25) is 9.78 Å². The molecule has 9 heteroatoms. The van der Waals surface area contributed by atoms with Gasteiger partial charge in [0, 0.05) is 23.8 Å². The monoisotopic (exact) mass is 404 g/mol. The lowest BCUT2D eigenvalue weighted by Gasteiger charge is -2.15. The van der Waals surface area contributed by atoms with Crippen molar-refractivity contribution in [3.05, 3.63) is 64.3 Å². The average molecular weight is 405 g/mol. The van der Waals surface area contributed by atoms with Crippen molar-refractivity contribution in [3.8, 4) is 0 Å². The zero-order valence-electron chi connectivity index (χ0n) is 14.1. The summed E-state index contributed by atoms with van der Waals surface area (Å²) in [7, 11) is -2.63. The number of benzene rings is 2. The number of amides is 1. The van der Waals surface area contributed by atoms with Crippen molar-refractivity contribution in [2.24, 2.45) is 11.5 Å². The van der Waals surface area contributed by atoms with Crippen LogP contribution in [0.5, 0.6) is 0 Å². The highest BCUT2D eigenvalue weighted by Crippen LogP contribution is 2.34. The first kappa shape index (κ1) is 19.1. The van der Waals surface area contributed by atoms with E-state index in [0.29, 0.717) is 34.4 Å². The third kappa shape index (κ3) is 4.19. The molecule has 0 saturated carbocycles. The number of halogens is 1. The van der Waals surface area contributed by atoms with Gasteiger partial charge in [-0.1, -0.05) is 23.7 Å². The molecular formula is C18H17ClN4O3S. The molecule has 0 saturated heterocycles. The fraction of sp³-hybridized carbons (Fsp3) is 0.111. The van der Waals surface area contributed by atoms with E-state index >= 15 is 0 Å². The molecule has 2 aromatic carbocycles. The molecule has 0 aliphatic heterocycles. The average Bonchev–Trinajstić information content (AvgIpc) is 2.61. The maximum atomic E-state index is 11.9. The molecule has 0 aliphatic rings. The zero-order chi connectivity index (χ0) is 19.6. The SMILES string of the molecule is NCc1cccc(Nc2c(C(N)=O)cnc3c(Cl)cc(C[SH](=O)=O)cc23)c1. The molecule has 140 valence electrons. The van der Waals surface area contributed by atoms with E-state index in [4.69, 9.17) is 23.1 Å². The fourth-order valence-corrected chi connectivity index (χ4v) is 3.57. The predicted octanol–water partition coefficient (Wildman–Crippen LogP) is 2.30. The molecule has 7 nitrogen and oxygen atoms in total. The molecular weight excluding hydrogens is 388 g/mol. The molecule has 1 heterocycles. The summed E-state index contributed by atoms with van der Waals surface area (Å²) in [5.74, 6) is -0.841. The first-order chi connectivity index (χ1) is 12.9. The van der Waals surface area contributed by atoms with Crippen molar-refractivity contribution in [1.29, 1.82) is 0 Å². The fourth-order valence-electron chi connectivity index (χ4n) is 2.80. The van der Waals surface area contributed by atoms with Gasteiger partial charge in [-0.15, -0.1) is 0 Å². The van der Waals surface area contributed by atoms with Crippen LogP contribution >= 0.6 is 11.6 Å². The number of aromatic nitrogens is 1. The van der Waals surface area contributed by atoms with Crippen LogP contribution in [-0.4, -0.2) is 19.3 Å². The minimum atomic E-state index is -2.63. The van der Waals surface area contributed by atoms with Gasteiger partial charge in [0.05, 0.1) is 27.5 Å². The Bertz CT molecular complexity index is 1110. The number of anilines is 2. The van der Waals surface area contributed by atoms with E-state index in [-0.39, 0.29) is 16.3 Å². The van der Waals surface area contributed by atoms with E-state index in [1.807, 2.05) is 24.3 Å². The van der Waals surface area contributed by atoms with Gasteiger partial charge in [-0.05, 0) is 35.4 Å². The summed E-state index contributed by atoms with van der Waals surface area (Å²) in [5, 5.41) is 3.96. The summed E-state index contributed by atoms with van der Waals surface area (Å²) in [6.07, 6.45) is 1.35. The number of fused-ring (bicyclic) bond motifs is 1. The molecule has 0 fully saturated rings. The number of thiol groups is 1. The summed E-state index contributed by atoms with van der Waals surface area (Å²) >= 11 is 6.28. The summed E-state index contributed by atoms with van der Waals surface area (Å²) < 4.78 is 22.2. The summed E-state index contributed by atoms with van der Waals surface area (Å²) in [6.45, 7) is 0.363. The molecule has 3 aromatic rings. The number of nitrogens with two attached hydrogens (primary N) is 2. The Hall–Kier alpha value is -2.68. The number of pyridine rings is 1. The van der Waals surface area contributed by atoms with Crippen LogP contribution in [0.2, 0.25) is 5.02 Å². The van der Waals surface area contributed by atoms with Crippen LogP contribution in [0.15, 0.2) is 42.6 Å². The molecule has 0 bridgehead atoms. The van der Waals surface area contributed by atoms with E-state index in [1.165, 1.54) is 6.20 Å². The number of rotatable bonds is 6. The third-order valence-corrected chi connectivity index (χ3v) is 4.91. The highest BCUT2D eigenvalue weighted by Gasteiger charge is 2.16. The Morgan fingerprint density at radius 1 is 1.19 bits per heavy atom. The van der Waals surface area contributed by atoms with Crippen molar-refractivity contribution in [2.75, 3.05) is 5.32 Å². The topological polar surface area (TPSA) is 128 Å². The van der Waals surface area contributed by atoms with Crippen molar-refractivity contribution in [1.82, 2.24) is 4.98 Å². The van der Waals surface area contributed by atoms with Crippen molar-refractivity contribution in [2.45, 2.75) is 12.3 Å². The third-order valence-electron chi connectivity index (χ3n) is 3.99. The van der Waals surface area contributed by atoms with Gasteiger partial charge in [0.1, 0.15) is 10.7 Å². The van der Waals surface area contributed by atoms with Crippen molar-refractivity contribution in [3.63, 3.8) is 0 Å². The molecule has 0 radical (unpaired) electrons. The van der Waals surface area contributed by atoms with Crippen LogP contribution in [0.3, 0.4) is 0 Å². The zero-order valence-corrected chi connectivity index (χ0v) is 15.8. The number of nitrogens with one attached hydrogen (secondary N) is 1. The van der Waals surface area contributed by atoms with E-state index < -0.39 is 16.6 Å². The highest BCUT2D eigenvalue weighted by atomic mass is 35.5. The van der Waals surface area contributed by atoms with Crippen LogP contribution in [0.1, 0.15) is 21.5 Å².